The van der Waals surface area contributed by atoms with E-state index in [1.54, 1.807) is 0 Å². The lowest BCUT2D eigenvalue weighted by molar-refractivity contribution is -0.116. The maximum absolute atomic E-state index is 13.3. The molecule has 0 fully saturated rings. The number of hydrogen-bond donors (Lipinski definition) is 2. The topological polar surface area (TPSA) is 81.1 Å². The van der Waals surface area contributed by atoms with Crippen molar-refractivity contribution in [2.75, 3.05) is 17.3 Å². The third-order valence-corrected chi connectivity index (χ3v) is 6.60. The van der Waals surface area contributed by atoms with Crippen molar-refractivity contribution in [2.24, 2.45) is 0 Å². The van der Waals surface area contributed by atoms with Crippen LogP contribution >= 0.6 is 11.8 Å². The molecule has 34 heavy (non-hydrogen) atoms. The Balaban J connectivity index is 1.49. The summed E-state index contributed by atoms with van der Waals surface area (Å²) < 4.78 is 20.7. The first-order chi connectivity index (χ1) is 16.6. The van der Waals surface area contributed by atoms with Crippen LogP contribution < -0.4 is 15.5 Å². The lowest BCUT2D eigenvalue weighted by Crippen LogP contribution is -2.41. The smallest absolute Gasteiger partial charge is 0.240 e. The van der Waals surface area contributed by atoms with Crippen LogP contribution in [0.3, 0.4) is 0 Å². The van der Waals surface area contributed by atoms with Gasteiger partial charge in [0.25, 0.3) is 0 Å². The average Bonchev–Trinajstić information content (AvgIpc) is 3.29. The van der Waals surface area contributed by atoms with Gasteiger partial charge in [-0.1, -0.05) is 54.2 Å². The number of benzene rings is 3. The van der Waals surface area contributed by atoms with Gasteiger partial charge in [-0.25, -0.2) is 9.07 Å². The maximum Gasteiger partial charge on any atom is 0.240 e. The van der Waals surface area contributed by atoms with Crippen molar-refractivity contribution in [1.29, 1.82) is 0 Å². The zero-order valence-electron chi connectivity index (χ0n) is 18.3. The van der Waals surface area contributed by atoms with Crippen LogP contribution in [0.25, 0.3) is 11.4 Å². The molecular formula is C25H22FN5O2S. The molecular weight excluding hydrogens is 453 g/mol. The summed E-state index contributed by atoms with van der Waals surface area (Å²) in [5.41, 5.74) is 5.79. The third kappa shape index (κ3) is 4.47. The van der Waals surface area contributed by atoms with E-state index < -0.39 is 5.25 Å². The molecule has 0 bridgehead atoms. The summed E-state index contributed by atoms with van der Waals surface area (Å²) in [4.78, 5) is 13.3. The normalized spacial score (nSPS) is 16.9. The van der Waals surface area contributed by atoms with E-state index in [1.807, 2.05) is 66.2 Å². The van der Waals surface area contributed by atoms with Crippen molar-refractivity contribution < 1.29 is 13.9 Å². The van der Waals surface area contributed by atoms with Gasteiger partial charge in [-0.05, 0) is 48.9 Å². The van der Waals surface area contributed by atoms with Crippen molar-refractivity contribution in [3.63, 3.8) is 0 Å². The molecule has 0 aliphatic carbocycles. The Morgan fingerprint density at radius 3 is 2.50 bits per heavy atom. The van der Waals surface area contributed by atoms with Gasteiger partial charge < -0.3 is 15.5 Å². The summed E-state index contributed by atoms with van der Waals surface area (Å²) in [5, 5.41) is 11.6. The summed E-state index contributed by atoms with van der Waals surface area (Å²) in [5.74, 6) is 0.840. The molecule has 1 aliphatic rings. The van der Waals surface area contributed by atoms with E-state index >= 15 is 0 Å². The standard InChI is InChI=1S/C25H22FN5O2S/c1-2-33-20-14-8-16(9-15-20)21-22(24(32)27-19-12-10-18(26)11-13-19)34-25-29-28-23(31(25)30-21)17-6-4-3-5-7-17/h3-15,21-22,30H,2H2,1H3,(H,27,32)/t21-,22-/m0/s1. The molecule has 0 unspecified atom stereocenters. The minimum absolute atomic E-state index is 0.224. The molecule has 0 saturated heterocycles. The van der Waals surface area contributed by atoms with Crippen LogP contribution in [0.2, 0.25) is 0 Å². The Hall–Kier alpha value is -3.85. The summed E-state index contributed by atoms with van der Waals surface area (Å²) in [6.45, 7) is 2.51. The van der Waals surface area contributed by atoms with Crippen molar-refractivity contribution in [3.8, 4) is 17.1 Å². The Labute approximate surface area is 200 Å². The Morgan fingerprint density at radius 2 is 1.79 bits per heavy atom. The second-order valence-corrected chi connectivity index (χ2v) is 8.76. The summed E-state index contributed by atoms with van der Waals surface area (Å²) in [6, 6.07) is 22.7. The molecule has 9 heteroatoms. The van der Waals surface area contributed by atoms with Crippen molar-refractivity contribution in [1.82, 2.24) is 14.9 Å². The van der Waals surface area contributed by atoms with E-state index in [0.717, 1.165) is 16.9 Å². The number of halogens is 1. The SMILES string of the molecule is CCOc1ccc([C@@H]2Nn3c(nnc3-c3ccccc3)S[C@@H]2C(=O)Nc2ccc(F)cc2)cc1. The van der Waals surface area contributed by atoms with E-state index in [0.29, 0.717) is 23.3 Å². The highest BCUT2D eigenvalue weighted by atomic mass is 32.2. The summed E-state index contributed by atoms with van der Waals surface area (Å²) in [7, 11) is 0. The number of carbonyl (C=O) groups is 1. The average molecular weight is 476 g/mol. The van der Waals surface area contributed by atoms with Crippen molar-refractivity contribution >= 4 is 23.4 Å². The second kappa shape index (κ2) is 9.56. The molecule has 1 aromatic heterocycles. The highest BCUT2D eigenvalue weighted by molar-refractivity contribution is 8.00. The van der Waals surface area contributed by atoms with Gasteiger partial charge in [0.15, 0.2) is 5.82 Å². The molecule has 2 N–H and O–H groups in total. The lowest BCUT2D eigenvalue weighted by Gasteiger charge is -2.33. The van der Waals surface area contributed by atoms with Crippen molar-refractivity contribution in [3.05, 3.63) is 90.2 Å². The first-order valence-corrected chi connectivity index (χ1v) is 11.7. The monoisotopic (exact) mass is 475 g/mol. The van der Waals surface area contributed by atoms with Gasteiger partial charge in [0.1, 0.15) is 16.8 Å². The predicted octanol–water partition coefficient (Wildman–Crippen LogP) is 4.88. The van der Waals surface area contributed by atoms with Crippen LogP contribution in [0.5, 0.6) is 5.75 Å². The third-order valence-electron chi connectivity index (χ3n) is 5.39. The molecule has 0 radical (unpaired) electrons. The van der Waals surface area contributed by atoms with Crippen LogP contribution in [-0.2, 0) is 4.79 Å². The minimum Gasteiger partial charge on any atom is -0.494 e. The van der Waals surface area contributed by atoms with Gasteiger partial charge >= 0.3 is 0 Å². The van der Waals surface area contributed by atoms with E-state index in [-0.39, 0.29) is 17.8 Å². The van der Waals surface area contributed by atoms with Gasteiger partial charge in [0, 0.05) is 11.3 Å². The minimum atomic E-state index is -0.552. The quantitative estimate of drug-likeness (QED) is 0.414. The van der Waals surface area contributed by atoms with Crippen LogP contribution in [0, 0.1) is 5.82 Å². The number of hydrogen-bond acceptors (Lipinski definition) is 6. The number of rotatable bonds is 6. The highest BCUT2D eigenvalue weighted by Crippen LogP contribution is 2.39. The van der Waals surface area contributed by atoms with Gasteiger partial charge in [-0.15, -0.1) is 10.2 Å². The van der Waals surface area contributed by atoms with Crippen LogP contribution in [0.4, 0.5) is 10.1 Å². The summed E-state index contributed by atoms with van der Waals surface area (Å²) >= 11 is 1.33. The Morgan fingerprint density at radius 1 is 1.06 bits per heavy atom. The lowest BCUT2D eigenvalue weighted by atomic mass is 10.0. The zero-order chi connectivity index (χ0) is 23.5. The summed E-state index contributed by atoms with van der Waals surface area (Å²) in [6.07, 6.45) is 0. The highest BCUT2D eigenvalue weighted by Gasteiger charge is 2.38. The number of thioether (sulfide) groups is 1. The van der Waals surface area contributed by atoms with Crippen LogP contribution in [0.1, 0.15) is 18.5 Å². The maximum atomic E-state index is 13.3. The molecule has 0 saturated carbocycles. The molecule has 2 atom stereocenters. The Kier molecular flexibility index (Phi) is 6.18. The number of anilines is 1. The molecule has 0 spiro atoms. The first-order valence-electron chi connectivity index (χ1n) is 10.9. The van der Waals surface area contributed by atoms with Gasteiger partial charge in [-0.3, -0.25) is 4.79 Å². The fraction of sp³-hybridized carbons (Fsp3) is 0.160. The van der Waals surface area contributed by atoms with E-state index in [4.69, 9.17) is 4.74 Å². The number of fused-ring (bicyclic) bond motifs is 1. The first kappa shape index (κ1) is 22.0. The Bertz CT molecular complexity index is 1280. The van der Waals surface area contributed by atoms with Crippen LogP contribution in [0.15, 0.2) is 84.0 Å². The number of nitrogens with zero attached hydrogens (tertiary/aromatic N) is 3. The van der Waals surface area contributed by atoms with E-state index in [9.17, 15) is 9.18 Å². The van der Waals surface area contributed by atoms with Crippen molar-refractivity contribution in [2.45, 2.75) is 23.4 Å². The zero-order valence-corrected chi connectivity index (χ0v) is 19.1. The molecule has 172 valence electrons. The van der Waals surface area contributed by atoms with Gasteiger partial charge in [-0.2, -0.15) is 0 Å². The van der Waals surface area contributed by atoms with Gasteiger partial charge in [0.2, 0.25) is 11.1 Å². The predicted molar refractivity (Wildman–Crippen MR) is 130 cm³/mol. The second-order valence-electron chi connectivity index (χ2n) is 7.65. The molecule has 3 aromatic carbocycles. The van der Waals surface area contributed by atoms with Crippen LogP contribution in [-0.4, -0.2) is 32.6 Å². The number of carbonyl (C=O) groups excluding carboxylic acids is 1. The number of nitrogens with one attached hydrogen (secondary N) is 2. The van der Waals surface area contributed by atoms with E-state index in [2.05, 4.69) is 20.9 Å². The van der Waals surface area contributed by atoms with Gasteiger partial charge in [0.05, 0.1) is 12.6 Å². The molecule has 4 aromatic rings. The molecule has 1 aliphatic heterocycles. The number of amides is 1. The molecule has 1 amide bonds. The molecule has 5 rings (SSSR count). The molecule has 2 heterocycles. The number of aromatic nitrogens is 3. The number of ether oxygens (including phenoxy) is 1. The molecule has 7 nitrogen and oxygen atoms in total. The largest absolute Gasteiger partial charge is 0.494 e. The fourth-order valence-electron chi connectivity index (χ4n) is 3.76. The van der Waals surface area contributed by atoms with E-state index in [1.165, 1.54) is 36.0 Å². The fourth-order valence-corrected chi connectivity index (χ4v) is 4.84.